The molecule has 20 heavy (non-hydrogen) atoms. The minimum atomic E-state index is -0.619. The van der Waals surface area contributed by atoms with E-state index in [-0.39, 0.29) is 5.54 Å². The van der Waals surface area contributed by atoms with Crippen molar-refractivity contribution in [2.24, 2.45) is 0 Å². The van der Waals surface area contributed by atoms with Crippen LogP contribution in [-0.4, -0.2) is 43.9 Å². The molecule has 0 heterocycles. The first-order chi connectivity index (χ1) is 9.56. The van der Waals surface area contributed by atoms with Gasteiger partial charge in [-0.1, -0.05) is 18.9 Å². The fourth-order valence-corrected chi connectivity index (χ4v) is 3.37. The molecule has 1 fully saturated rings. The van der Waals surface area contributed by atoms with Gasteiger partial charge in [0.2, 0.25) is 0 Å². The molecule has 1 aliphatic rings. The van der Waals surface area contributed by atoms with Gasteiger partial charge in [0.25, 0.3) is 0 Å². The minimum absolute atomic E-state index is 0.234. The van der Waals surface area contributed by atoms with Gasteiger partial charge in [0.1, 0.15) is 17.6 Å². The van der Waals surface area contributed by atoms with Gasteiger partial charge in [-0.05, 0) is 39.1 Å². The van der Waals surface area contributed by atoms with E-state index in [0.29, 0.717) is 11.5 Å². The lowest BCUT2D eigenvalue weighted by Crippen LogP contribution is -2.47. The third-order valence-corrected chi connectivity index (χ3v) is 4.61. The molecule has 0 aromatic heterocycles. The lowest BCUT2D eigenvalue weighted by molar-refractivity contribution is -0.00725. The number of hydrogen-bond acceptors (Lipinski definition) is 4. The first-order valence-electron chi connectivity index (χ1n) is 7.13. The highest BCUT2D eigenvalue weighted by atomic mass is 16.5. The SMILES string of the molecule is COc1cccc(OC)c1C(O)C1(N(C)C)CCCC1. The summed E-state index contributed by atoms with van der Waals surface area (Å²) in [6.45, 7) is 0. The summed E-state index contributed by atoms with van der Waals surface area (Å²) in [7, 11) is 7.33. The molecule has 1 saturated carbocycles. The molecular formula is C16H25NO3. The molecule has 4 heteroatoms. The Hall–Kier alpha value is -1.26. The molecule has 0 saturated heterocycles. The summed E-state index contributed by atoms with van der Waals surface area (Å²) in [5.41, 5.74) is 0.523. The highest BCUT2D eigenvalue weighted by Gasteiger charge is 2.45. The number of benzene rings is 1. The van der Waals surface area contributed by atoms with Crippen LogP contribution in [0.5, 0.6) is 11.5 Å². The van der Waals surface area contributed by atoms with Crippen molar-refractivity contribution >= 4 is 0 Å². The van der Waals surface area contributed by atoms with Crippen LogP contribution in [0.2, 0.25) is 0 Å². The van der Waals surface area contributed by atoms with Gasteiger partial charge in [-0.15, -0.1) is 0 Å². The van der Waals surface area contributed by atoms with E-state index in [4.69, 9.17) is 9.47 Å². The molecule has 112 valence electrons. The maximum absolute atomic E-state index is 11.1. The first-order valence-corrected chi connectivity index (χ1v) is 7.13. The summed E-state index contributed by atoms with van der Waals surface area (Å²) < 4.78 is 10.9. The summed E-state index contributed by atoms with van der Waals surface area (Å²) in [6, 6.07) is 5.63. The highest BCUT2D eigenvalue weighted by molar-refractivity contribution is 5.47. The van der Waals surface area contributed by atoms with Gasteiger partial charge in [-0.3, -0.25) is 0 Å². The summed E-state index contributed by atoms with van der Waals surface area (Å²) in [5, 5.41) is 11.1. The van der Waals surface area contributed by atoms with Crippen LogP contribution >= 0.6 is 0 Å². The molecule has 1 N–H and O–H groups in total. The number of methoxy groups -OCH3 is 2. The zero-order chi connectivity index (χ0) is 14.8. The Balaban J connectivity index is 2.49. The largest absolute Gasteiger partial charge is 0.496 e. The molecule has 4 nitrogen and oxygen atoms in total. The maximum atomic E-state index is 11.1. The summed E-state index contributed by atoms with van der Waals surface area (Å²) in [5.74, 6) is 1.37. The number of hydrogen-bond donors (Lipinski definition) is 1. The summed E-state index contributed by atoms with van der Waals surface area (Å²) >= 11 is 0. The van der Waals surface area contributed by atoms with Crippen molar-refractivity contribution in [3.05, 3.63) is 23.8 Å². The third kappa shape index (κ3) is 2.38. The number of aliphatic hydroxyl groups excluding tert-OH is 1. The van der Waals surface area contributed by atoms with E-state index in [1.54, 1.807) is 14.2 Å². The molecule has 1 aromatic rings. The van der Waals surface area contributed by atoms with Crippen molar-refractivity contribution in [1.29, 1.82) is 0 Å². The van der Waals surface area contributed by atoms with Crippen LogP contribution in [0.1, 0.15) is 37.4 Å². The number of likely N-dealkylation sites (N-methyl/N-ethyl adjacent to an activating group) is 1. The monoisotopic (exact) mass is 279 g/mol. The summed E-state index contributed by atoms with van der Waals surface area (Å²) in [6.07, 6.45) is 3.65. The topological polar surface area (TPSA) is 41.9 Å². The van der Waals surface area contributed by atoms with Crippen molar-refractivity contribution < 1.29 is 14.6 Å². The smallest absolute Gasteiger partial charge is 0.128 e. The molecule has 1 unspecified atom stereocenters. The van der Waals surface area contributed by atoms with E-state index < -0.39 is 6.10 Å². The van der Waals surface area contributed by atoms with Gasteiger partial charge >= 0.3 is 0 Å². The van der Waals surface area contributed by atoms with E-state index >= 15 is 0 Å². The number of nitrogens with zero attached hydrogens (tertiary/aromatic N) is 1. The van der Waals surface area contributed by atoms with Crippen molar-refractivity contribution in [3.8, 4) is 11.5 Å². The number of aliphatic hydroxyl groups is 1. The van der Waals surface area contributed by atoms with Crippen molar-refractivity contribution in [3.63, 3.8) is 0 Å². The molecule has 0 spiro atoms. The summed E-state index contributed by atoms with van der Waals surface area (Å²) in [4.78, 5) is 2.15. The van der Waals surface area contributed by atoms with Crippen LogP contribution in [0, 0.1) is 0 Å². The third-order valence-electron chi connectivity index (χ3n) is 4.61. The van der Waals surface area contributed by atoms with Gasteiger partial charge in [0.15, 0.2) is 0 Å². The first kappa shape index (κ1) is 15.1. The Labute approximate surface area is 121 Å². The Morgan fingerprint density at radius 3 is 2.00 bits per heavy atom. The molecule has 0 radical (unpaired) electrons. The predicted molar refractivity (Wildman–Crippen MR) is 79.4 cm³/mol. The average Bonchev–Trinajstić information content (AvgIpc) is 2.96. The van der Waals surface area contributed by atoms with Crippen LogP contribution in [0.3, 0.4) is 0 Å². The fraction of sp³-hybridized carbons (Fsp3) is 0.625. The van der Waals surface area contributed by atoms with Gasteiger partial charge in [-0.25, -0.2) is 0 Å². The van der Waals surface area contributed by atoms with E-state index in [0.717, 1.165) is 31.2 Å². The Bertz CT molecular complexity index is 431. The Morgan fingerprint density at radius 1 is 1.10 bits per heavy atom. The van der Waals surface area contributed by atoms with Crippen LogP contribution < -0.4 is 9.47 Å². The van der Waals surface area contributed by atoms with Crippen LogP contribution in [0.4, 0.5) is 0 Å². The average molecular weight is 279 g/mol. The molecule has 2 rings (SSSR count). The second kappa shape index (κ2) is 6.02. The number of rotatable bonds is 5. The fourth-order valence-electron chi connectivity index (χ4n) is 3.37. The van der Waals surface area contributed by atoms with Gasteiger partial charge in [-0.2, -0.15) is 0 Å². The van der Waals surface area contributed by atoms with Crippen LogP contribution in [-0.2, 0) is 0 Å². The van der Waals surface area contributed by atoms with Crippen molar-refractivity contribution in [2.75, 3.05) is 28.3 Å². The van der Waals surface area contributed by atoms with E-state index in [2.05, 4.69) is 4.90 Å². The standard InChI is InChI=1S/C16H25NO3/c1-17(2)16(10-5-6-11-16)15(18)14-12(19-3)8-7-9-13(14)20-4/h7-9,15,18H,5-6,10-11H2,1-4H3. The second-order valence-electron chi connectivity index (χ2n) is 5.68. The lowest BCUT2D eigenvalue weighted by Gasteiger charge is -2.41. The molecule has 0 amide bonds. The van der Waals surface area contributed by atoms with Crippen molar-refractivity contribution in [1.82, 2.24) is 4.90 Å². The number of ether oxygens (including phenoxy) is 2. The van der Waals surface area contributed by atoms with Gasteiger partial charge in [0, 0.05) is 0 Å². The maximum Gasteiger partial charge on any atom is 0.128 e. The second-order valence-corrected chi connectivity index (χ2v) is 5.68. The van der Waals surface area contributed by atoms with Crippen LogP contribution in [0.15, 0.2) is 18.2 Å². The normalized spacial score (nSPS) is 19.1. The predicted octanol–water partition coefficient (Wildman–Crippen LogP) is 2.61. The zero-order valence-electron chi connectivity index (χ0n) is 12.8. The lowest BCUT2D eigenvalue weighted by atomic mass is 9.84. The quantitative estimate of drug-likeness (QED) is 0.899. The zero-order valence-corrected chi connectivity index (χ0v) is 12.8. The molecule has 1 aromatic carbocycles. The Morgan fingerprint density at radius 2 is 1.60 bits per heavy atom. The minimum Gasteiger partial charge on any atom is -0.496 e. The Kier molecular flexibility index (Phi) is 4.55. The molecule has 0 bridgehead atoms. The van der Waals surface area contributed by atoms with Gasteiger partial charge in [0.05, 0.1) is 25.3 Å². The molecule has 1 atom stereocenters. The molecule has 0 aliphatic heterocycles. The van der Waals surface area contributed by atoms with Crippen LogP contribution in [0.25, 0.3) is 0 Å². The van der Waals surface area contributed by atoms with E-state index in [1.807, 2.05) is 32.3 Å². The van der Waals surface area contributed by atoms with Crippen molar-refractivity contribution in [2.45, 2.75) is 37.3 Å². The van der Waals surface area contributed by atoms with E-state index in [9.17, 15) is 5.11 Å². The molecular weight excluding hydrogens is 254 g/mol. The van der Waals surface area contributed by atoms with Gasteiger partial charge < -0.3 is 19.5 Å². The highest BCUT2D eigenvalue weighted by Crippen LogP contribution is 2.48. The van der Waals surface area contributed by atoms with E-state index in [1.165, 1.54) is 0 Å². The molecule has 1 aliphatic carbocycles.